The Morgan fingerprint density at radius 1 is 1.04 bits per heavy atom. The van der Waals surface area contributed by atoms with Gasteiger partial charge in [-0.2, -0.15) is 5.10 Å². The van der Waals surface area contributed by atoms with Crippen molar-refractivity contribution < 1.29 is 9.53 Å². The van der Waals surface area contributed by atoms with E-state index in [-0.39, 0.29) is 12.3 Å². The second kappa shape index (κ2) is 7.42. The molecule has 0 aliphatic heterocycles. The average Bonchev–Trinajstić information content (AvgIpc) is 2.62. The van der Waals surface area contributed by atoms with Gasteiger partial charge in [0.1, 0.15) is 5.75 Å². The Balaban J connectivity index is 1.68. The van der Waals surface area contributed by atoms with Gasteiger partial charge in [-0.15, -0.1) is 0 Å². The van der Waals surface area contributed by atoms with Crippen molar-refractivity contribution in [2.45, 2.75) is 6.42 Å². The number of para-hydroxylation sites is 1. The standard InChI is InChI=1S/C20H18N2O2/c1-24-19-12-5-3-8-17(19)14-21-22-20(23)13-16-10-6-9-15-7-2-4-11-18(15)16/h2-12,14H,13H2,1H3,(H,22,23)/b21-14-. The molecule has 0 atom stereocenters. The largest absolute Gasteiger partial charge is 0.496 e. The van der Waals surface area contributed by atoms with Gasteiger partial charge in [0.15, 0.2) is 0 Å². The number of amides is 1. The molecule has 0 spiro atoms. The molecule has 120 valence electrons. The number of hydrogen-bond donors (Lipinski definition) is 1. The number of methoxy groups -OCH3 is 1. The maximum absolute atomic E-state index is 12.1. The van der Waals surface area contributed by atoms with Gasteiger partial charge >= 0.3 is 0 Å². The van der Waals surface area contributed by atoms with Gasteiger partial charge in [-0.05, 0) is 28.5 Å². The van der Waals surface area contributed by atoms with Crippen molar-refractivity contribution in [3.8, 4) is 5.75 Å². The fourth-order valence-electron chi connectivity index (χ4n) is 2.61. The summed E-state index contributed by atoms with van der Waals surface area (Å²) >= 11 is 0. The second-order valence-corrected chi connectivity index (χ2v) is 5.35. The first-order valence-electron chi connectivity index (χ1n) is 7.69. The molecule has 3 aromatic rings. The van der Waals surface area contributed by atoms with Crippen LogP contribution in [0.4, 0.5) is 0 Å². The first-order valence-corrected chi connectivity index (χ1v) is 7.69. The SMILES string of the molecule is COc1ccccc1/C=N\NC(=O)Cc1cccc2ccccc12. The summed E-state index contributed by atoms with van der Waals surface area (Å²) in [6.45, 7) is 0. The van der Waals surface area contributed by atoms with E-state index in [9.17, 15) is 4.79 Å². The molecule has 3 aromatic carbocycles. The molecule has 0 heterocycles. The van der Waals surface area contributed by atoms with E-state index in [0.717, 1.165) is 21.9 Å². The van der Waals surface area contributed by atoms with Gasteiger partial charge in [-0.25, -0.2) is 5.43 Å². The summed E-state index contributed by atoms with van der Waals surface area (Å²) in [5.41, 5.74) is 4.37. The predicted molar refractivity (Wildman–Crippen MR) is 96.4 cm³/mol. The van der Waals surface area contributed by atoms with Crippen molar-refractivity contribution in [2.24, 2.45) is 5.10 Å². The van der Waals surface area contributed by atoms with Crippen molar-refractivity contribution >= 4 is 22.9 Å². The summed E-state index contributed by atoms with van der Waals surface area (Å²) in [5.74, 6) is 0.557. The normalized spacial score (nSPS) is 10.9. The highest BCUT2D eigenvalue weighted by molar-refractivity contribution is 5.91. The van der Waals surface area contributed by atoms with Gasteiger partial charge in [0.05, 0.1) is 19.7 Å². The highest BCUT2D eigenvalue weighted by Gasteiger charge is 2.06. The van der Waals surface area contributed by atoms with Crippen LogP contribution in [0.25, 0.3) is 10.8 Å². The Labute approximate surface area is 140 Å². The summed E-state index contributed by atoms with van der Waals surface area (Å²) in [4.78, 5) is 12.1. The van der Waals surface area contributed by atoms with E-state index < -0.39 is 0 Å². The van der Waals surface area contributed by atoms with Crippen LogP contribution in [-0.2, 0) is 11.2 Å². The number of benzene rings is 3. The Bertz CT molecular complexity index is 882. The molecule has 3 rings (SSSR count). The molecule has 0 saturated heterocycles. The fraction of sp³-hybridized carbons (Fsp3) is 0.100. The number of carbonyl (C=O) groups excluding carboxylic acids is 1. The summed E-state index contributed by atoms with van der Waals surface area (Å²) < 4.78 is 5.24. The molecular weight excluding hydrogens is 300 g/mol. The number of nitrogens with zero attached hydrogens (tertiary/aromatic N) is 1. The molecule has 4 heteroatoms. The van der Waals surface area contributed by atoms with Crippen molar-refractivity contribution in [1.82, 2.24) is 5.43 Å². The van der Waals surface area contributed by atoms with Crippen molar-refractivity contribution in [3.05, 3.63) is 77.9 Å². The highest BCUT2D eigenvalue weighted by Crippen LogP contribution is 2.19. The molecule has 1 N–H and O–H groups in total. The van der Waals surface area contributed by atoms with E-state index in [1.165, 1.54) is 0 Å². The van der Waals surface area contributed by atoms with Crippen LogP contribution in [0.2, 0.25) is 0 Å². The predicted octanol–water partition coefficient (Wildman–Crippen LogP) is 3.54. The van der Waals surface area contributed by atoms with Gasteiger partial charge in [-0.1, -0.05) is 54.6 Å². The van der Waals surface area contributed by atoms with E-state index >= 15 is 0 Å². The van der Waals surface area contributed by atoms with Gasteiger partial charge in [0, 0.05) is 5.56 Å². The summed E-state index contributed by atoms with van der Waals surface area (Å²) in [6.07, 6.45) is 1.87. The van der Waals surface area contributed by atoms with E-state index in [1.807, 2.05) is 66.7 Å². The van der Waals surface area contributed by atoms with Crippen molar-refractivity contribution in [2.75, 3.05) is 7.11 Å². The summed E-state index contributed by atoms with van der Waals surface area (Å²) in [5, 5.41) is 6.23. The lowest BCUT2D eigenvalue weighted by Gasteiger charge is -2.06. The number of carbonyl (C=O) groups is 1. The first kappa shape index (κ1) is 15.7. The minimum absolute atomic E-state index is 0.155. The molecule has 4 nitrogen and oxygen atoms in total. The van der Waals surface area contributed by atoms with Crippen LogP contribution in [0, 0.1) is 0 Å². The molecule has 0 bridgehead atoms. The van der Waals surface area contributed by atoms with Crippen LogP contribution >= 0.6 is 0 Å². The van der Waals surface area contributed by atoms with Gasteiger partial charge in [-0.3, -0.25) is 4.79 Å². The van der Waals surface area contributed by atoms with E-state index in [1.54, 1.807) is 13.3 Å². The minimum Gasteiger partial charge on any atom is -0.496 e. The Hall–Kier alpha value is -3.14. The Morgan fingerprint density at radius 3 is 2.67 bits per heavy atom. The lowest BCUT2D eigenvalue weighted by atomic mass is 10.0. The lowest BCUT2D eigenvalue weighted by molar-refractivity contribution is -0.120. The fourth-order valence-corrected chi connectivity index (χ4v) is 2.61. The van der Waals surface area contributed by atoms with Gasteiger partial charge in [0.2, 0.25) is 5.91 Å². The number of nitrogens with one attached hydrogen (secondary N) is 1. The smallest absolute Gasteiger partial charge is 0.244 e. The Kier molecular flexibility index (Phi) is 4.87. The number of hydrazone groups is 1. The maximum Gasteiger partial charge on any atom is 0.244 e. The summed E-state index contributed by atoms with van der Waals surface area (Å²) in [6, 6.07) is 21.5. The third-order valence-electron chi connectivity index (χ3n) is 3.76. The number of ether oxygens (including phenoxy) is 1. The van der Waals surface area contributed by atoms with Crippen LogP contribution in [-0.4, -0.2) is 19.2 Å². The first-order chi connectivity index (χ1) is 11.8. The lowest BCUT2D eigenvalue weighted by Crippen LogP contribution is -2.19. The van der Waals surface area contributed by atoms with Gasteiger partial charge in [0.25, 0.3) is 0 Å². The third kappa shape index (κ3) is 3.60. The van der Waals surface area contributed by atoms with Crippen LogP contribution in [0.3, 0.4) is 0 Å². The minimum atomic E-state index is -0.155. The molecule has 0 radical (unpaired) electrons. The summed E-state index contributed by atoms with van der Waals surface area (Å²) in [7, 11) is 1.60. The molecule has 0 unspecified atom stereocenters. The molecule has 24 heavy (non-hydrogen) atoms. The van der Waals surface area contributed by atoms with Crippen LogP contribution in [0.5, 0.6) is 5.75 Å². The van der Waals surface area contributed by atoms with Crippen LogP contribution in [0.15, 0.2) is 71.8 Å². The third-order valence-corrected chi connectivity index (χ3v) is 3.76. The molecular formula is C20H18N2O2. The highest BCUT2D eigenvalue weighted by atomic mass is 16.5. The maximum atomic E-state index is 12.1. The molecule has 1 amide bonds. The molecule has 0 saturated carbocycles. The van der Waals surface area contributed by atoms with Crippen LogP contribution < -0.4 is 10.2 Å². The number of rotatable bonds is 5. The molecule has 0 aliphatic rings. The quantitative estimate of drug-likeness (QED) is 0.578. The molecule has 0 aliphatic carbocycles. The zero-order valence-electron chi connectivity index (χ0n) is 13.4. The van der Waals surface area contributed by atoms with E-state index in [4.69, 9.17) is 4.74 Å². The second-order valence-electron chi connectivity index (χ2n) is 5.35. The van der Waals surface area contributed by atoms with E-state index in [0.29, 0.717) is 5.75 Å². The van der Waals surface area contributed by atoms with Gasteiger partial charge < -0.3 is 4.74 Å². The molecule has 0 fully saturated rings. The number of fused-ring (bicyclic) bond motifs is 1. The van der Waals surface area contributed by atoms with Crippen molar-refractivity contribution in [3.63, 3.8) is 0 Å². The zero-order valence-corrected chi connectivity index (χ0v) is 13.4. The van der Waals surface area contributed by atoms with Crippen LogP contribution in [0.1, 0.15) is 11.1 Å². The molecule has 0 aromatic heterocycles. The van der Waals surface area contributed by atoms with E-state index in [2.05, 4.69) is 10.5 Å². The van der Waals surface area contributed by atoms with Crippen molar-refractivity contribution in [1.29, 1.82) is 0 Å². The average molecular weight is 318 g/mol. The topological polar surface area (TPSA) is 50.7 Å². The monoisotopic (exact) mass is 318 g/mol. The zero-order chi connectivity index (χ0) is 16.8. The Morgan fingerprint density at radius 2 is 1.79 bits per heavy atom. The number of hydrogen-bond acceptors (Lipinski definition) is 3.